The monoisotopic (exact) mass is 433 g/mol. The van der Waals surface area contributed by atoms with Crippen LogP contribution < -0.4 is 14.8 Å². The fourth-order valence-electron chi connectivity index (χ4n) is 3.93. The second-order valence-corrected chi connectivity index (χ2v) is 8.06. The number of nitrogens with one attached hydrogen (secondary N) is 1. The van der Waals surface area contributed by atoms with E-state index in [1.54, 1.807) is 25.7 Å². The summed E-state index contributed by atoms with van der Waals surface area (Å²) >= 11 is 0. The van der Waals surface area contributed by atoms with Gasteiger partial charge in [0.15, 0.2) is 11.5 Å². The molecule has 2 aromatic heterocycles. The van der Waals surface area contributed by atoms with Gasteiger partial charge in [-0.3, -0.25) is 9.97 Å². The van der Waals surface area contributed by atoms with Crippen LogP contribution in [0.1, 0.15) is 37.8 Å². The van der Waals surface area contributed by atoms with Crippen LogP contribution in [0, 0.1) is 0 Å². The van der Waals surface area contributed by atoms with Gasteiger partial charge < -0.3 is 19.7 Å². The molecule has 3 heterocycles. The van der Waals surface area contributed by atoms with E-state index in [0.29, 0.717) is 18.2 Å². The highest BCUT2D eigenvalue weighted by atomic mass is 16.5. The normalized spacial score (nSPS) is 14.8. The minimum Gasteiger partial charge on any atom is -0.493 e. The number of pyridine rings is 1. The van der Waals surface area contributed by atoms with Crippen molar-refractivity contribution in [3.63, 3.8) is 0 Å². The lowest BCUT2D eigenvalue weighted by molar-refractivity contribution is 0.254. The summed E-state index contributed by atoms with van der Waals surface area (Å²) in [4.78, 5) is 15.8. The van der Waals surface area contributed by atoms with Crippen LogP contribution in [0.25, 0.3) is 11.3 Å². The Morgan fingerprint density at radius 2 is 1.94 bits per heavy atom. The van der Waals surface area contributed by atoms with E-state index in [2.05, 4.69) is 27.1 Å². The summed E-state index contributed by atoms with van der Waals surface area (Å²) in [5.74, 6) is 2.16. The van der Waals surface area contributed by atoms with Gasteiger partial charge in [0.2, 0.25) is 0 Å². The standard InChI is InChI=1S/C25H31N5O2/c1-19(21-7-5-10-26-16-21)28-25-18-27-17-22(29-25)20-8-9-23(24(15-20)31-2)32-14-6-13-30-11-3-4-12-30/h5,7-10,15-19H,3-4,6,11-14H2,1-2H3,(H,28,29). The van der Waals surface area contributed by atoms with Gasteiger partial charge in [-0.05, 0) is 69.1 Å². The van der Waals surface area contributed by atoms with Crippen molar-refractivity contribution in [1.29, 1.82) is 0 Å². The van der Waals surface area contributed by atoms with Crippen molar-refractivity contribution in [2.24, 2.45) is 0 Å². The zero-order chi connectivity index (χ0) is 22.2. The van der Waals surface area contributed by atoms with E-state index in [9.17, 15) is 0 Å². The van der Waals surface area contributed by atoms with Crippen LogP contribution in [-0.2, 0) is 0 Å². The minimum absolute atomic E-state index is 0.0686. The number of anilines is 1. The van der Waals surface area contributed by atoms with Gasteiger partial charge in [0.05, 0.1) is 37.8 Å². The number of benzene rings is 1. The number of likely N-dealkylation sites (tertiary alicyclic amines) is 1. The smallest absolute Gasteiger partial charge is 0.161 e. The molecule has 7 nitrogen and oxygen atoms in total. The Morgan fingerprint density at radius 3 is 2.72 bits per heavy atom. The molecule has 1 atom stereocenters. The fraction of sp³-hybridized carbons (Fsp3) is 0.400. The summed E-state index contributed by atoms with van der Waals surface area (Å²) in [5.41, 5.74) is 2.79. The molecule has 1 aliphatic heterocycles. The van der Waals surface area contributed by atoms with Gasteiger partial charge in [0.25, 0.3) is 0 Å². The molecule has 1 N–H and O–H groups in total. The molecule has 7 heteroatoms. The SMILES string of the molecule is COc1cc(-c2cncc(NC(C)c3cccnc3)n2)ccc1OCCCN1CCCC1. The summed E-state index contributed by atoms with van der Waals surface area (Å²) in [5, 5.41) is 3.39. The Labute approximate surface area is 189 Å². The maximum Gasteiger partial charge on any atom is 0.161 e. The van der Waals surface area contributed by atoms with Gasteiger partial charge in [-0.1, -0.05) is 6.07 Å². The Morgan fingerprint density at radius 1 is 1.06 bits per heavy atom. The maximum absolute atomic E-state index is 6.00. The first-order valence-electron chi connectivity index (χ1n) is 11.2. The lowest BCUT2D eigenvalue weighted by atomic mass is 10.1. The molecule has 0 amide bonds. The van der Waals surface area contributed by atoms with Gasteiger partial charge in [-0.2, -0.15) is 0 Å². The number of hydrogen-bond donors (Lipinski definition) is 1. The quantitative estimate of drug-likeness (QED) is 0.469. The molecule has 0 aliphatic carbocycles. The number of methoxy groups -OCH3 is 1. The highest BCUT2D eigenvalue weighted by Gasteiger charge is 2.13. The lowest BCUT2D eigenvalue weighted by Gasteiger charge is -2.16. The molecule has 3 aromatic rings. The van der Waals surface area contributed by atoms with Gasteiger partial charge >= 0.3 is 0 Å². The third-order valence-electron chi connectivity index (χ3n) is 5.72. The number of nitrogens with zero attached hydrogens (tertiary/aromatic N) is 4. The highest BCUT2D eigenvalue weighted by Crippen LogP contribution is 2.32. The van der Waals surface area contributed by atoms with E-state index in [1.165, 1.54) is 25.9 Å². The molecular formula is C25H31N5O2. The van der Waals surface area contributed by atoms with Gasteiger partial charge in [-0.25, -0.2) is 4.98 Å². The van der Waals surface area contributed by atoms with Crippen molar-refractivity contribution in [3.8, 4) is 22.8 Å². The molecule has 1 aliphatic rings. The lowest BCUT2D eigenvalue weighted by Crippen LogP contribution is -2.21. The van der Waals surface area contributed by atoms with Gasteiger partial charge in [-0.15, -0.1) is 0 Å². The predicted octanol–water partition coefficient (Wildman–Crippen LogP) is 4.59. The van der Waals surface area contributed by atoms with Gasteiger partial charge in [0.1, 0.15) is 5.82 Å². The average molecular weight is 434 g/mol. The molecule has 32 heavy (non-hydrogen) atoms. The molecule has 4 rings (SSSR count). The van der Waals surface area contributed by atoms with E-state index in [-0.39, 0.29) is 6.04 Å². The average Bonchev–Trinajstić information content (AvgIpc) is 3.36. The number of ether oxygens (including phenoxy) is 2. The topological polar surface area (TPSA) is 72.4 Å². The summed E-state index contributed by atoms with van der Waals surface area (Å²) in [6.45, 7) is 6.27. The highest BCUT2D eigenvalue weighted by molar-refractivity contribution is 5.64. The Hall–Kier alpha value is -3.19. The molecule has 0 bridgehead atoms. The van der Waals surface area contributed by atoms with E-state index < -0.39 is 0 Å². The molecular weight excluding hydrogens is 402 g/mol. The molecule has 0 saturated carbocycles. The van der Waals surface area contributed by atoms with E-state index in [1.807, 2.05) is 36.5 Å². The molecule has 1 aromatic carbocycles. The van der Waals surface area contributed by atoms with Crippen LogP contribution in [0.3, 0.4) is 0 Å². The first kappa shape index (κ1) is 22.0. The summed E-state index contributed by atoms with van der Waals surface area (Å²) in [6, 6.07) is 9.93. The van der Waals surface area contributed by atoms with Crippen molar-refractivity contribution < 1.29 is 9.47 Å². The van der Waals surface area contributed by atoms with E-state index in [0.717, 1.165) is 35.5 Å². The van der Waals surface area contributed by atoms with Gasteiger partial charge in [0, 0.05) is 24.5 Å². The minimum atomic E-state index is 0.0686. The molecule has 0 spiro atoms. The number of rotatable bonds is 10. The second kappa shape index (κ2) is 10.9. The van der Waals surface area contributed by atoms with Crippen molar-refractivity contribution in [1.82, 2.24) is 19.9 Å². The van der Waals surface area contributed by atoms with Crippen LogP contribution in [0.2, 0.25) is 0 Å². The summed E-state index contributed by atoms with van der Waals surface area (Å²) in [7, 11) is 1.66. The van der Waals surface area contributed by atoms with E-state index >= 15 is 0 Å². The summed E-state index contributed by atoms with van der Waals surface area (Å²) < 4.78 is 11.6. The van der Waals surface area contributed by atoms with Crippen LogP contribution >= 0.6 is 0 Å². The van der Waals surface area contributed by atoms with Crippen LogP contribution in [-0.4, -0.2) is 53.2 Å². The predicted molar refractivity (Wildman–Crippen MR) is 126 cm³/mol. The third kappa shape index (κ3) is 5.73. The van der Waals surface area contributed by atoms with Crippen LogP contribution in [0.15, 0.2) is 55.1 Å². The van der Waals surface area contributed by atoms with Crippen molar-refractivity contribution in [3.05, 3.63) is 60.7 Å². The molecule has 0 radical (unpaired) electrons. The molecule has 168 valence electrons. The largest absolute Gasteiger partial charge is 0.493 e. The van der Waals surface area contributed by atoms with Crippen molar-refractivity contribution >= 4 is 5.82 Å². The second-order valence-electron chi connectivity index (χ2n) is 8.06. The Bertz CT molecular complexity index is 993. The zero-order valence-electron chi connectivity index (χ0n) is 18.8. The van der Waals surface area contributed by atoms with Crippen molar-refractivity contribution in [2.45, 2.75) is 32.2 Å². The fourth-order valence-corrected chi connectivity index (χ4v) is 3.93. The number of hydrogen-bond acceptors (Lipinski definition) is 7. The summed E-state index contributed by atoms with van der Waals surface area (Å²) in [6.07, 6.45) is 10.8. The van der Waals surface area contributed by atoms with E-state index in [4.69, 9.17) is 14.5 Å². The van der Waals surface area contributed by atoms with Crippen LogP contribution in [0.4, 0.5) is 5.82 Å². The Balaban J connectivity index is 1.40. The Kier molecular flexibility index (Phi) is 7.51. The molecule has 1 fully saturated rings. The first-order valence-corrected chi connectivity index (χ1v) is 11.2. The maximum atomic E-state index is 6.00. The van der Waals surface area contributed by atoms with Crippen LogP contribution in [0.5, 0.6) is 11.5 Å². The third-order valence-corrected chi connectivity index (χ3v) is 5.72. The molecule has 1 saturated heterocycles. The first-order chi connectivity index (χ1) is 15.7. The number of aromatic nitrogens is 3. The molecule has 1 unspecified atom stereocenters. The van der Waals surface area contributed by atoms with Crippen molar-refractivity contribution in [2.75, 3.05) is 38.7 Å². The zero-order valence-corrected chi connectivity index (χ0v) is 18.8.